The Morgan fingerprint density at radius 3 is 2.45 bits per heavy atom. The number of nitrogens with zero attached hydrogens (tertiary/aromatic N) is 1. The van der Waals surface area contributed by atoms with E-state index in [1.165, 1.54) is 18.2 Å². The topological polar surface area (TPSA) is 96.4 Å². The molecule has 2 N–H and O–H groups in total. The Morgan fingerprint density at radius 2 is 1.79 bits per heavy atom. The van der Waals surface area contributed by atoms with Crippen LogP contribution in [0.3, 0.4) is 0 Å². The van der Waals surface area contributed by atoms with Gasteiger partial charge in [-0.05, 0) is 58.4 Å². The Hall–Kier alpha value is -2.86. The van der Waals surface area contributed by atoms with E-state index in [2.05, 4.69) is 37.5 Å². The minimum absolute atomic E-state index is 0.0548. The molecule has 0 saturated carbocycles. The van der Waals surface area contributed by atoms with Gasteiger partial charge < -0.3 is 5.11 Å². The van der Waals surface area contributed by atoms with Gasteiger partial charge in [-0.2, -0.15) is 0 Å². The fourth-order valence-electron chi connectivity index (χ4n) is 2.27. The molecular formula is C20H12BrClN2O4S. The van der Waals surface area contributed by atoms with Gasteiger partial charge in [-0.1, -0.05) is 35.6 Å². The summed E-state index contributed by atoms with van der Waals surface area (Å²) in [5.74, 6) is 4.78. The van der Waals surface area contributed by atoms with Gasteiger partial charge in [0.2, 0.25) is 0 Å². The number of aromatic carboxylic acids is 1. The molecule has 0 aliphatic heterocycles. The summed E-state index contributed by atoms with van der Waals surface area (Å²) in [6.07, 6.45) is 1.16. The van der Waals surface area contributed by atoms with Crippen molar-refractivity contribution in [2.75, 3.05) is 4.72 Å². The fraction of sp³-hybridized carbons (Fsp3) is 0. The molecule has 0 amide bonds. The number of nitrogens with one attached hydrogen (secondary N) is 1. The van der Waals surface area contributed by atoms with E-state index in [9.17, 15) is 13.2 Å². The van der Waals surface area contributed by atoms with E-state index >= 15 is 0 Å². The van der Waals surface area contributed by atoms with Crippen LogP contribution in [0.15, 0.2) is 70.2 Å². The number of aromatic nitrogens is 1. The molecule has 146 valence electrons. The molecule has 2 aromatic carbocycles. The molecule has 0 spiro atoms. The summed E-state index contributed by atoms with van der Waals surface area (Å²) >= 11 is 8.98. The predicted octanol–water partition coefficient (Wildman–Crippen LogP) is 4.40. The van der Waals surface area contributed by atoms with Crippen molar-refractivity contribution in [1.29, 1.82) is 0 Å². The first-order valence-electron chi connectivity index (χ1n) is 8.04. The van der Waals surface area contributed by atoms with E-state index < -0.39 is 16.0 Å². The zero-order valence-corrected chi connectivity index (χ0v) is 17.7. The summed E-state index contributed by atoms with van der Waals surface area (Å²) in [6.45, 7) is 0. The minimum atomic E-state index is -3.91. The normalized spacial score (nSPS) is 10.7. The fourth-order valence-corrected chi connectivity index (χ4v) is 3.92. The van der Waals surface area contributed by atoms with Gasteiger partial charge in [0.25, 0.3) is 10.0 Å². The summed E-state index contributed by atoms with van der Waals surface area (Å²) in [5.41, 5.74) is 1.51. The molecule has 1 heterocycles. The summed E-state index contributed by atoms with van der Waals surface area (Å²) in [5, 5.41) is 9.10. The molecular weight excluding hydrogens is 480 g/mol. The molecule has 0 radical (unpaired) electrons. The van der Waals surface area contributed by atoms with Crippen LogP contribution in [0, 0.1) is 11.8 Å². The number of benzene rings is 2. The van der Waals surface area contributed by atoms with Crippen molar-refractivity contribution in [2.24, 2.45) is 0 Å². The minimum Gasteiger partial charge on any atom is -0.478 e. The van der Waals surface area contributed by atoms with Crippen molar-refractivity contribution in [2.45, 2.75) is 4.90 Å². The van der Waals surface area contributed by atoms with Crippen molar-refractivity contribution in [1.82, 2.24) is 4.98 Å². The van der Waals surface area contributed by atoms with Crippen LogP contribution in [-0.4, -0.2) is 24.5 Å². The molecule has 9 heteroatoms. The Morgan fingerprint density at radius 1 is 1.10 bits per heavy atom. The number of hydrogen-bond acceptors (Lipinski definition) is 4. The van der Waals surface area contributed by atoms with Crippen LogP contribution in [-0.2, 0) is 10.0 Å². The Balaban J connectivity index is 1.89. The molecule has 6 nitrogen and oxygen atoms in total. The first-order valence-corrected chi connectivity index (χ1v) is 10.7. The molecule has 0 unspecified atom stereocenters. The number of carbonyl (C=O) groups is 1. The second-order valence-corrected chi connectivity index (χ2v) is 8.62. The number of anilines is 1. The van der Waals surface area contributed by atoms with Crippen molar-refractivity contribution in [3.05, 3.63) is 87.1 Å². The van der Waals surface area contributed by atoms with E-state index in [4.69, 9.17) is 16.7 Å². The zero-order chi connectivity index (χ0) is 21.0. The second kappa shape index (κ2) is 8.66. The Kier molecular flexibility index (Phi) is 6.23. The summed E-state index contributed by atoms with van der Waals surface area (Å²) < 4.78 is 28.2. The number of rotatable bonds is 4. The lowest BCUT2D eigenvalue weighted by Gasteiger charge is -2.10. The van der Waals surface area contributed by atoms with Gasteiger partial charge in [-0.25, -0.2) is 18.2 Å². The lowest BCUT2D eigenvalue weighted by atomic mass is 10.1. The molecule has 0 saturated heterocycles. The second-order valence-electron chi connectivity index (χ2n) is 5.73. The highest BCUT2D eigenvalue weighted by atomic mass is 79.9. The van der Waals surface area contributed by atoms with Crippen LogP contribution >= 0.6 is 27.5 Å². The largest absolute Gasteiger partial charge is 0.478 e. The third-order valence-electron chi connectivity index (χ3n) is 3.73. The number of para-hydroxylation sites is 1. The van der Waals surface area contributed by atoms with Gasteiger partial charge in [0.1, 0.15) is 10.0 Å². The molecule has 3 aromatic rings. The lowest BCUT2D eigenvalue weighted by molar-refractivity contribution is 0.0697. The van der Waals surface area contributed by atoms with Gasteiger partial charge in [-0.3, -0.25) is 4.72 Å². The molecule has 0 atom stereocenters. The molecule has 0 bridgehead atoms. The van der Waals surface area contributed by atoms with Crippen LogP contribution in [0.1, 0.15) is 21.5 Å². The van der Waals surface area contributed by atoms with Crippen molar-refractivity contribution < 1.29 is 18.3 Å². The third-order valence-corrected chi connectivity index (χ3v) is 6.19. The van der Waals surface area contributed by atoms with Gasteiger partial charge in [-0.15, -0.1) is 0 Å². The van der Waals surface area contributed by atoms with Crippen LogP contribution in [0.4, 0.5) is 5.69 Å². The zero-order valence-electron chi connectivity index (χ0n) is 14.6. The standard InChI is InChI=1S/C20H12BrClN2O4S/c21-17-11-16(12-23-19(17)22)29(27,28)24-18-4-2-1-3-14(18)8-5-13-6-9-15(10-7-13)20(25)26/h1-4,6-7,9-12,24H,(H,25,26). The number of halogens is 2. The highest BCUT2D eigenvalue weighted by Crippen LogP contribution is 2.25. The first-order chi connectivity index (χ1) is 13.8. The molecule has 3 rings (SSSR count). The summed E-state index contributed by atoms with van der Waals surface area (Å²) in [6, 6.07) is 14.1. The van der Waals surface area contributed by atoms with Crippen molar-refractivity contribution >= 4 is 49.2 Å². The molecule has 0 aliphatic carbocycles. The van der Waals surface area contributed by atoms with Crippen molar-refractivity contribution in [3.8, 4) is 11.8 Å². The van der Waals surface area contributed by atoms with Gasteiger partial charge in [0.05, 0.1) is 15.7 Å². The monoisotopic (exact) mass is 490 g/mol. The Labute approximate surface area is 180 Å². The van der Waals surface area contributed by atoms with Crippen LogP contribution in [0.5, 0.6) is 0 Å². The Bertz CT molecular complexity index is 1250. The summed E-state index contributed by atoms with van der Waals surface area (Å²) in [7, 11) is -3.91. The van der Waals surface area contributed by atoms with E-state index in [1.54, 1.807) is 36.4 Å². The van der Waals surface area contributed by atoms with E-state index in [-0.39, 0.29) is 15.6 Å². The maximum Gasteiger partial charge on any atom is 0.335 e. The van der Waals surface area contributed by atoms with E-state index in [0.717, 1.165) is 6.20 Å². The van der Waals surface area contributed by atoms with E-state index in [0.29, 0.717) is 21.3 Å². The maximum absolute atomic E-state index is 12.7. The molecule has 1 aromatic heterocycles. The maximum atomic E-state index is 12.7. The molecule has 0 aliphatic rings. The number of carboxylic acid groups (broad SMARTS) is 1. The SMILES string of the molecule is O=C(O)c1ccc(C#Cc2ccccc2NS(=O)(=O)c2cnc(Cl)c(Br)c2)cc1. The smallest absolute Gasteiger partial charge is 0.335 e. The number of carboxylic acids is 1. The van der Waals surface area contributed by atoms with Gasteiger partial charge >= 0.3 is 5.97 Å². The van der Waals surface area contributed by atoms with Crippen molar-refractivity contribution in [3.63, 3.8) is 0 Å². The molecule has 29 heavy (non-hydrogen) atoms. The summed E-state index contributed by atoms with van der Waals surface area (Å²) in [4.78, 5) is 14.7. The quantitative estimate of drug-likeness (QED) is 0.417. The predicted molar refractivity (Wildman–Crippen MR) is 114 cm³/mol. The molecule has 0 fully saturated rings. The van der Waals surface area contributed by atoms with Gasteiger partial charge in [0.15, 0.2) is 0 Å². The number of hydrogen-bond donors (Lipinski definition) is 2. The first kappa shape index (κ1) is 20.9. The average molecular weight is 492 g/mol. The number of sulfonamides is 1. The average Bonchev–Trinajstić information content (AvgIpc) is 2.69. The lowest BCUT2D eigenvalue weighted by Crippen LogP contribution is -2.14. The van der Waals surface area contributed by atoms with E-state index in [1.807, 2.05) is 0 Å². The third kappa shape index (κ3) is 5.15. The highest BCUT2D eigenvalue weighted by Gasteiger charge is 2.17. The highest BCUT2D eigenvalue weighted by molar-refractivity contribution is 9.10. The van der Waals surface area contributed by atoms with Crippen LogP contribution in [0.25, 0.3) is 0 Å². The van der Waals surface area contributed by atoms with Crippen LogP contribution in [0.2, 0.25) is 5.15 Å². The van der Waals surface area contributed by atoms with Crippen LogP contribution < -0.4 is 4.72 Å². The van der Waals surface area contributed by atoms with Gasteiger partial charge in [0, 0.05) is 17.3 Å². The number of pyridine rings is 1.